The molecule has 0 heterocycles. The molecule has 0 saturated heterocycles. The number of amides is 1. The molecule has 6 heteroatoms. The number of hydrogen-bond acceptors (Lipinski definition) is 4. The molecule has 1 amide bonds. The molecule has 0 saturated carbocycles. The maximum Gasteiger partial charge on any atom is 0.417 e. The molecule has 3 aromatic carbocycles. The average Bonchev–Trinajstić information content (AvgIpc) is 2.63. The van der Waals surface area contributed by atoms with Gasteiger partial charge in [0.25, 0.3) is 0 Å². The quantitative estimate of drug-likeness (QED) is 0.765. The maximum absolute atomic E-state index is 12.8. The van der Waals surface area contributed by atoms with Crippen LogP contribution in [0.5, 0.6) is 5.75 Å². The van der Waals surface area contributed by atoms with E-state index in [4.69, 9.17) is 4.74 Å². The zero-order valence-corrected chi connectivity index (χ0v) is 13.9. The van der Waals surface area contributed by atoms with Gasteiger partial charge < -0.3 is 4.74 Å². The fourth-order valence-corrected chi connectivity index (χ4v) is 3.70. The Morgan fingerprint density at radius 3 is 2.00 bits per heavy atom. The van der Waals surface area contributed by atoms with Gasteiger partial charge in [-0.1, -0.05) is 48.5 Å². The van der Waals surface area contributed by atoms with Crippen LogP contribution in [-0.4, -0.2) is 14.5 Å². The van der Waals surface area contributed by atoms with Crippen LogP contribution in [0.3, 0.4) is 0 Å². The number of sulfone groups is 1. The zero-order valence-electron chi connectivity index (χ0n) is 13.1. The average molecular weight is 353 g/mol. The van der Waals surface area contributed by atoms with Crippen LogP contribution in [0.4, 0.5) is 10.5 Å². The van der Waals surface area contributed by atoms with Gasteiger partial charge >= 0.3 is 6.09 Å². The van der Waals surface area contributed by atoms with E-state index in [1.54, 1.807) is 60.7 Å². The maximum atomic E-state index is 12.8. The van der Waals surface area contributed by atoms with Crippen LogP contribution in [0.15, 0.2) is 94.7 Å². The van der Waals surface area contributed by atoms with Crippen molar-refractivity contribution in [1.29, 1.82) is 0 Å². The minimum Gasteiger partial charge on any atom is -0.410 e. The van der Waals surface area contributed by atoms with Crippen LogP contribution < -0.4 is 10.1 Å². The third-order valence-corrected chi connectivity index (χ3v) is 5.25. The zero-order chi connectivity index (χ0) is 17.7. The number of ether oxygens (including phenoxy) is 1. The molecule has 0 radical (unpaired) electrons. The molecule has 3 aromatic rings. The van der Waals surface area contributed by atoms with Gasteiger partial charge in [-0.15, -0.1) is 0 Å². The second-order valence-electron chi connectivity index (χ2n) is 5.14. The predicted octanol–water partition coefficient (Wildman–Crippen LogP) is 4.13. The summed E-state index contributed by atoms with van der Waals surface area (Å²) >= 11 is 0. The first kappa shape index (κ1) is 16.7. The molecule has 0 atom stereocenters. The lowest BCUT2D eigenvalue weighted by Crippen LogP contribution is -2.18. The summed E-state index contributed by atoms with van der Waals surface area (Å²) in [5, 5.41) is 2.49. The minimum absolute atomic E-state index is 0.00575. The molecule has 0 aliphatic carbocycles. The van der Waals surface area contributed by atoms with E-state index in [-0.39, 0.29) is 15.5 Å². The summed E-state index contributed by atoms with van der Waals surface area (Å²) in [5.74, 6) is 0.364. The number of benzene rings is 3. The van der Waals surface area contributed by atoms with Crippen molar-refractivity contribution in [3.05, 3.63) is 84.9 Å². The lowest BCUT2D eigenvalue weighted by atomic mass is 10.3. The first-order valence-electron chi connectivity index (χ1n) is 7.50. The van der Waals surface area contributed by atoms with Crippen molar-refractivity contribution in [3.8, 4) is 5.75 Å². The highest BCUT2D eigenvalue weighted by Gasteiger charge is 2.22. The Bertz CT molecular complexity index is 971. The van der Waals surface area contributed by atoms with Crippen molar-refractivity contribution >= 4 is 21.6 Å². The van der Waals surface area contributed by atoms with E-state index >= 15 is 0 Å². The lowest BCUT2D eigenvalue weighted by molar-refractivity contribution is 0.215. The van der Waals surface area contributed by atoms with Gasteiger partial charge in [0.15, 0.2) is 0 Å². The molecule has 126 valence electrons. The summed E-state index contributed by atoms with van der Waals surface area (Å²) in [5.41, 5.74) is 0.160. The molecule has 1 N–H and O–H groups in total. The highest BCUT2D eigenvalue weighted by Crippen LogP contribution is 2.27. The Morgan fingerprint density at radius 1 is 0.760 bits per heavy atom. The van der Waals surface area contributed by atoms with Crippen LogP contribution >= 0.6 is 0 Å². The van der Waals surface area contributed by atoms with Gasteiger partial charge in [-0.05, 0) is 36.4 Å². The van der Waals surface area contributed by atoms with E-state index in [1.165, 1.54) is 24.3 Å². The summed E-state index contributed by atoms with van der Waals surface area (Å²) in [6, 6.07) is 22.8. The standard InChI is InChI=1S/C19H15NO4S/c21-19(24-15-9-3-1-4-10-15)20-17-13-7-8-14-18(17)25(22,23)16-11-5-2-6-12-16/h1-14H,(H,20,21). The number of para-hydroxylation sites is 2. The molecular formula is C19H15NO4S. The molecule has 0 fully saturated rings. The van der Waals surface area contributed by atoms with E-state index in [2.05, 4.69) is 5.32 Å². The highest BCUT2D eigenvalue weighted by molar-refractivity contribution is 7.91. The van der Waals surface area contributed by atoms with Crippen LogP contribution in [0.25, 0.3) is 0 Å². The van der Waals surface area contributed by atoms with Gasteiger partial charge in [-0.3, -0.25) is 5.32 Å². The summed E-state index contributed by atoms with van der Waals surface area (Å²) < 4.78 is 30.8. The van der Waals surface area contributed by atoms with Crippen LogP contribution in [0.1, 0.15) is 0 Å². The van der Waals surface area contributed by atoms with Crippen molar-refractivity contribution in [3.63, 3.8) is 0 Å². The van der Waals surface area contributed by atoms with Crippen molar-refractivity contribution in [2.24, 2.45) is 0 Å². The number of anilines is 1. The van der Waals surface area contributed by atoms with Crippen molar-refractivity contribution in [2.75, 3.05) is 5.32 Å². The van der Waals surface area contributed by atoms with Gasteiger partial charge in [0.05, 0.1) is 15.5 Å². The van der Waals surface area contributed by atoms with E-state index < -0.39 is 15.9 Å². The van der Waals surface area contributed by atoms with Gasteiger partial charge in [0, 0.05) is 0 Å². The van der Waals surface area contributed by atoms with Crippen LogP contribution in [0.2, 0.25) is 0 Å². The van der Waals surface area contributed by atoms with Gasteiger partial charge in [0.1, 0.15) is 5.75 Å². The summed E-state index contributed by atoms with van der Waals surface area (Å²) in [6.45, 7) is 0. The molecule has 0 bridgehead atoms. The Morgan fingerprint density at radius 2 is 1.32 bits per heavy atom. The lowest BCUT2D eigenvalue weighted by Gasteiger charge is -2.12. The van der Waals surface area contributed by atoms with Gasteiger partial charge in [0.2, 0.25) is 9.84 Å². The van der Waals surface area contributed by atoms with Crippen LogP contribution in [0, 0.1) is 0 Å². The van der Waals surface area contributed by atoms with Crippen molar-refractivity contribution < 1.29 is 17.9 Å². The Hall–Kier alpha value is -3.12. The summed E-state index contributed by atoms with van der Waals surface area (Å²) in [6.07, 6.45) is -0.762. The SMILES string of the molecule is O=C(Nc1ccccc1S(=O)(=O)c1ccccc1)Oc1ccccc1. The second kappa shape index (κ2) is 7.19. The molecule has 0 spiro atoms. The van der Waals surface area contributed by atoms with Crippen molar-refractivity contribution in [1.82, 2.24) is 0 Å². The third kappa shape index (κ3) is 3.87. The van der Waals surface area contributed by atoms with E-state index in [1.807, 2.05) is 0 Å². The fraction of sp³-hybridized carbons (Fsp3) is 0. The molecule has 0 unspecified atom stereocenters. The van der Waals surface area contributed by atoms with Crippen molar-refractivity contribution in [2.45, 2.75) is 9.79 Å². The molecule has 0 aliphatic heterocycles. The Labute approximate surface area is 145 Å². The topological polar surface area (TPSA) is 72.5 Å². The number of carbonyl (C=O) groups is 1. The van der Waals surface area contributed by atoms with Gasteiger partial charge in [-0.2, -0.15) is 0 Å². The number of hydrogen-bond donors (Lipinski definition) is 1. The Kier molecular flexibility index (Phi) is 4.81. The first-order valence-corrected chi connectivity index (χ1v) is 8.99. The molecule has 0 aromatic heterocycles. The molecule has 0 aliphatic rings. The first-order chi connectivity index (χ1) is 12.1. The summed E-state index contributed by atoms with van der Waals surface area (Å²) in [7, 11) is -3.76. The molecular weight excluding hydrogens is 338 g/mol. The molecule has 3 rings (SSSR count). The van der Waals surface area contributed by atoms with E-state index in [9.17, 15) is 13.2 Å². The number of nitrogens with one attached hydrogen (secondary N) is 1. The largest absolute Gasteiger partial charge is 0.417 e. The predicted molar refractivity (Wildman–Crippen MR) is 94.4 cm³/mol. The fourth-order valence-electron chi connectivity index (χ4n) is 2.26. The third-order valence-electron chi connectivity index (χ3n) is 3.42. The monoisotopic (exact) mass is 353 g/mol. The van der Waals surface area contributed by atoms with E-state index in [0.717, 1.165) is 0 Å². The number of rotatable bonds is 4. The highest BCUT2D eigenvalue weighted by atomic mass is 32.2. The van der Waals surface area contributed by atoms with Crippen LogP contribution in [-0.2, 0) is 9.84 Å². The second-order valence-corrected chi connectivity index (χ2v) is 7.06. The normalized spacial score (nSPS) is 10.9. The summed E-state index contributed by atoms with van der Waals surface area (Å²) in [4.78, 5) is 12.2. The minimum atomic E-state index is -3.76. The molecule has 25 heavy (non-hydrogen) atoms. The molecule has 5 nitrogen and oxygen atoms in total. The smallest absolute Gasteiger partial charge is 0.410 e. The Balaban J connectivity index is 1.88. The number of carbonyl (C=O) groups excluding carboxylic acids is 1. The van der Waals surface area contributed by atoms with E-state index in [0.29, 0.717) is 5.75 Å². The van der Waals surface area contributed by atoms with Gasteiger partial charge in [-0.25, -0.2) is 13.2 Å².